The number of hydrogen-bond donors (Lipinski definition) is 1. The summed E-state index contributed by atoms with van der Waals surface area (Å²) in [5.41, 5.74) is 1.32. The van der Waals surface area contributed by atoms with Crippen LogP contribution in [-0.2, 0) is 0 Å². The lowest BCUT2D eigenvalue weighted by Crippen LogP contribution is -2.31. The molecule has 5 nitrogen and oxygen atoms in total. The van der Waals surface area contributed by atoms with Crippen molar-refractivity contribution in [2.24, 2.45) is 0 Å². The SMILES string of the molecule is CCN(CC)C(=O)c1cc(NC(C)C)nc(-c2ccccc2)n1. The summed E-state index contributed by atoms with van der Waals surface area (Å²) < 4.78 is 0. The molecule has 0 spiro atoms. The smallest absolute Gasteiger partial charge is 0.272 e. The fraction of sp³-hybridized carbons (Fsp3) is 0.389. The molecule has 0 atom stereocenters. The minimum atomic E-state index is -0.0682. The van der Waals surface area contributed by atoms with Gasteiger partial charge in [0.2, 0.25) is 0 Å². The van der Waals surface area contributed by atoms with Crippen molar-refractivity contribution in [3.8, 4) is 11.4 Å². The fourth-order valence-corrected chi connectivity index (χ4v) is 2.32. The first kappa shape index (κ1) is 16.9. The second kappa shape index (κ2) is 7.72. The highest BCUT2D eigenvalue weighted by Gasteiger charge is 2.17. The first-order chi connectivity index (χ1) is 11.0. The maximum absolute atomic E-state index is 12.6. The molecule has 0 aliphatic rings. The van der Waals surface area contributed by atoms with E-state index in [1.807, 2.05) is 58.0 Å². The predicted molar refractivity (Wildman–Crippen MR) is 93.5 cm³/mol. The van der Waals surface area contributed by atoms with Gasteiger partial charge in [-0.05, 0) is 27.7 Å². The van der Waals surface area contributed by atoms with E-state index in [1.54, 1.807) is 11.0 Å². The molecule has 0 unspecified atom stereocenters. The van der Waals surface area contributed by atoms with Crippen LogP contribution in [0.4, 0.5) is 5.82 Å². The van der Waals surface area contributed by atoms with Crippen molar-refractivity contribution in [1.29, 1.82) is 0 Å². The summed E-state index contributed by atoms with van der Waals surface area (Å²) in [4.78, 5) is 23.4. The lowest BCUT2D eigenvalue weighted by Gasteiger charge is -2.19. The van der Waals surface area contributed by atoms with Gasteiger partial charge in [0, 0.05) is 30.8 Å². The zero-order chi connectivity index (χ0) is 16.8. The zero-order valence-corrected chi connectivity index (χ0v) is 14.2. The van der Waals surface area contributed by atoms with Crippen LogP contribution in [0.3, 0.4) is 0 Å². The summed E-state index contributed by atoms with van der Waals surface area (Å²) in [6.45, 7) is 9.33. The van der Waals surface area contributed by atoms with Crippen LogP contribution in [0.1, 0.15) is 38.2 Å². The summed E-state index contributed by atoms with van der Waals surface area (Å²) >= 11 is 0. The van der Waals surface area contributed by atoms with Crippen LogP contribution >= 0.6 is 0 Å². The van der Waals surface area contributed by atoms with Gasteiger partial charge < -0.3 is 10.2 Å². The topological polar surface area (TPSA) is 58.1 Å². The van der Waals surface area contributed by atoms with Crippen LogP contribution in [-0.4, -0.2) is 39.9 Å². The van der Waals surface area contributed by atoms with Crippen LogP contribution in [0.25, 0.3) is 11.4 Å². The van der Waals surface area contributed by atoms with Gasteiger partial charge in [-0.25, -0.2) is 9.97 Å². The molecule has 0 radical (unpaired) electrons. The maximum atomic E-state index is 12.6. The average Bonchev–Trinajstić information content (AvgIpc) is 2.55. The summed E-state index contributed by atoms with van der Waals surface area (Å²) in [7, 11) is 0. The molecule has 0 fully saturated rings. The highest BCUT2D eigenvalue weighted by molar-refractivity contribution is 5.93. The van der Waals surface area contributed by atoms with Gasteiger partial charge in [-0.1, -0.05) is 30.3 Å². The van der Waals surface area contributed by atoms with Crippen molar-refractivity contribution < 1.29 is 4.79 Å². The monoisotopic (exact) mass is 312 g/mol. The Hall–Kier alpha value is -2.43. The molecule has 122 valence electrons. The number of nitrogens with zero attached hydrogens (tertiary/aromatic N) is 3. The third-order valence-corrected chi connectivity index (χ3v) is 3.46. The van der Waals surface area contributed by atoms with Gasteiger partial charge in [-0.3, -0.25) is 4.79 Å². The summed E-state index contributed by atoms with van der Waals surface area (Å²) in [6.07, 6.45) is 0. The third-order valence-electron chi connectivity index (χ3n) is 3.46. The quantitative estimate of drug-likeness (QED) is 0.887. The molecular formula is C18H24N4O. The number of nitrogens with one attached hydrogen (secondary N) is 1. The Morgan fingerprint density at radius 2 is 1.78 bits per heavy atom. The van der Waals surface area contributed by atoms with E-state index in [2.05, 4.69) is 15.3 Å². The predicted octanol–water partition coefficient (Wildman–Crippen LogP) is 3.45. The van der Waals surface area contributed by atoms with Crippen LogP contribution in [0.15, 0.2) is 36.4 Å². The summed E-state index contributed by atoms with van der Waals surface area (Å²) in [5.74, 6) is 1.16. The van der Waals surface area contributed by atoms with E-state index < -0.39 is 0 Å². The van der Waals surface area contributed by atoms with E-state index in [-0.39, 0.29) is 11.9 Å². The standard InChI is InChI=1S/C18H24N4O/c1-5-22(6-2)18(23)15-12-16(19-13(3)4)21-17(20-15)14-10-8-7-9-11-14/h7-13H,5-6H2,1-4H3,(H,19,20,21). The molecule has 2 rings (SSSR count). The number of carbonyl (C=O) groups is 1. The van der Waals surface area contributed by atoms with Crippen LogP contribution in [0, 0.1) is 0 Å². The summed E-state index contributed by atoms with van der Waals surface area (Å²) in [6, 6.07) is 11.7. The zero-order valence-electron chi connectivity index (χ0n) is 14.2. The minimum absolute atomic E-state index is 0.0682. The molecule has 1 heterocycles. The normalized spacial score (nSPS) is 10.7. The van der Waals surface area contributed by atoms with Crippen LogP contribution in [0.2, 0.25) is 0 Å². The van der Waals surface area contributed by atoms with Crippen LogP contribution < -0.4 is 5.32 Å². The molecular weight excluding hydrogens is 288 g/mol. The van der Waals surface area contributed by atoms with Crippen molar-refractivity contribution in [1.82, 2.24) is 14.9 Å². The molecule has 0 saturated carbocycles. The largest absolute Gasteiger partial charge is 0.368 e. The van der Waals surface area contributed by atoms with Crippen molar-refractivity contribution in [2.45, 2.75) is 33.7 Å². The Balaban J connectivity index is 2.47. The fourth-order valence-electron chi connectivity index (χ4n) is 2.32. The average molecular weight is 312 g/mol. The Morgan fingerprint density at radius 3 is 2.35 bits per heavy atom. The Morgan fingerprint density at radius 1 is 1.13 bits per heavy atom. The lowest BCUT2D eigenvalue weighted by molar-refractivity contribution is 0.0767. The Bertz CT molecular complexity index is 651. The lowest BCUT2D eigenvalue weighted by atomic mass is 10.2. The first-order valence-electron chi connectivity index (χ1n) is 8.05. The molecule has 1 aromatic carbocycles. The maximum Gasteiger partial charge on any atom is 0.272 e. The van der Waals surface area contributed by atoms with E-state index in [0.717, 1.165) is 5.56 Å². The highest BCUT2D eigenvalue weighted by Crippen LogP contribution is 2.19. The molecule has 1 aromatic heterocycles. The number of carbonyl (C=O) groups excluding carboxylic acids is 1. The van der Waals surface area contributed by atoms with Crippen molar-refractivity contribution in [3.05, 3.63) is 42.1 Å². The van der Waals surface area contributed by atoms with E-state index in [0.29, 0.717) is 30.4 Å². The molecule has 0 bridgehead atoms. The van der Waals surface area contributed by atoms with E-state index >= 15 is 0 Å². The number of aromatic nitrogens is 2. The molecule has 0 aliphatic carbocycles. The van der Waals surface area contributed by atoms with E-state index in [9.17, 15) is 4.79 Å². The minimum Gasteiger partial charge on any atom is -0.368 e. The molecule has 0 aliphatic heterocycles. The molecule has 1 amide bonds. The highest BCUT2D eigenvalue weighted by atomic mass is 16.2. The second-order valence-corrected chi connectivity index (χ2v) is 5.60. The van der Waals surface area contributed by atoms with Gasteiger partial charge in [0.05, 0.1) is 0 Å². The molecule has 1 N–H and O–H groups in total. The summed E-state index contributed by atoms with van der Waals surface area (Å²) in [5, 5.41) is 3.26. The second-order valence-electron chi connectivity index (χ2n) is 5.60. The number of hydrogen-bond acceptors (Lipinski definition) is 4. The third kappa shape index (κ3) is 4.28. The number of benzene rings is 1. The molecule has 5 heteroatoms. The van der Waals surface area contributed by atoms with Crippen molar-refractivity contribution in [3.63, 3.8) is 0 Å². The van der Waals surface area contributed by atoms with Gasteiger partial charge in [0.1, 0.15) is 11.5 Å². The molecule has 0 saturated heterocycles. The number of rotatable bonds is 6. The van der Waals surface area contributed by atoms with Crippen LogP contribution in [0.5, 0.6) is 0 Å². The van der Waals surface area contributed by atoms with Crippen molar-refractivity contribution in [2.75, 3.05) is 18.4 Å². The Labute approximate surface area is 137 Å². The molecule has 2 aromatic rings. The van der Waals surface area contributed by atoms with E-state index in [1.165, 1.54) is 0 Å². The van der Waals surface area contributed by atoms with Gasteiger partial charge in [0.15, 0.2) is 5.82 Å². The van der Waals surface area contributed by atoms with Gasteiger partial charge in [-0.2, -0.15) is 0 Å². The van der Waals surface area contributed by atoms with Gasteiger partial charge in [-0.15, -0.1) is 0 Å². The van der Waals surface area contributed by atoms with E-state index in [4.69, 9.17) is 0 Å². The van der Waals surface area contributed by atoms with Crippen molar-refractivity contribution >= 4 is 11.7 Å². The first-order valence-corrected chi connectivity index (χ1v) is 8.05. The van der Waals surface area contributed by atoms with Gasteiger partial charge >= 0.3 is 0 Å². The van der Waals surface area contributed by atoms with Gasteiger partial charge in [0.25, 0.3) is 5.91 Å². The molecule has 23 heavy (non-hydrogen) atoms. The number of amides is 1. The Kier molecular flexibility index (Phi) is 5.68. The number of anilines is 1.